The number of ether oxygens (including phenoxy) is 3. The maximum atomic E-state index is 12.1. The topological polar surface area (TPSA) is 166 Å². The van der Waals surface area contributed by atoms with Crippen LogP contribution in [0.15, 0.2) is 28.9 Å². The summed E-state index contributed by atoms with van der Waals surface area (Å²) in [6, 6.07) is 5.66. The van der Waals surface area contributed by atoms with E-state index in [0.717, 1.165) is 24.8 Å². The maximum absolute atomic E-state index is 12.1. The molecule has 0 aliphatic rings. The Morgan fingerprint density at radius 2 is 1.81 bits per heavy atom. The fourth-order valence-corrected chi connectivity index (χ4v) is 4.02. The van der Waals surface area contributed by atoms with Gasteiger partial charge in [-0.1, -0.05) is 6.42 Å². The van der Waals surface area contributed by atoms with E-state index in [4.69, 9.17) is 35.2 Å². The number of hydrogen-bond acceptors (Lipinski definition) is 11. The van der Waals surface area contributed by atoms with E-state index in [1.807, 2.05) is 16.8 Å². The van der Waals surface area contributed by atoms with Gasteiger partial charge in [-0.25, -0.2) is 14.6 Å². The molecule has 4 rings (SSSR count). The lowest BCUT2D eigenvalue weighted by Gasteiger charge is -2.06. The van der Waals surface area contributed by atoms with Crippen LogP contribution in [0.4, 0.5) is 11.8 Å². The van der Waals surface area contributed by atoms with Crippen LogP contribution in [0.1, 0.15) is 32.1 Å². The van der Waals surface area contributed by atoms with Gasteiger partial charge in [0.15, 0.2) is 11.2 Å². The van der Waals surface area contributed by atoms with Crippen LogP contribution < -0.4 is 11.5 Å². The number of unbranched alkanes of at least 4 members (excludes halogenated alkanes) is 2. The summed E-state index contributed by atoms with van der Waals surface area (Å²) in [7, 11) is 1.63. The lowest BCUT2D eigenvalue weighted by atomic mass is 10.1. The molecule has 12 nitrogen and oxygen atoms in total. The molecule has 4 N–H and O–H groups in total. The predicted octanol–water partition coefficient (Wildman–Crippen LogP) is 3.00. The predicted molar refractivity (Wildman–Crippen MR) is 139 cm³/mol. The lowest BCUT2D eigenvalue weighted by Crippen LogP contribution is -2.10. The Hall–Kier alpha value is -3.61. The molecule has 12 heteroatoms. The number of nitrogens with zero attached hydrogens (tertiary/aromatic N) is 5. The van der Waals surface area contributed by atoms with Gasteiger partial charge in [-0.3, -0.25) is 4.79 Å². The summed E-state index contributed by atoms with van der Waals surface area (Å²) in [5.41, 5.74) is 15.3. The van der Waals surface area contributed by atoms with Gasteiger partial charge in [0.2, 0.25) is 0 Å². The van der Waals surface area contributed by atoms with E-state index in [9.17, 15) is 4.79 Å². The molecule has 0 atom stereocenters. The molecule has 3 heterocycles. The summed E-state index contributed by atoms with van der Waals surface area (Å²) in [5.74, 6) is 0.567. The van der Waals surface area contributed by atoms with Gasteiger partial charge in [-0.2, -0.15) is 10.1 Å². The Morgan fingerprint density at radius 1 is 1.00 bits per heavy atom. The number of hydrogen-bond donors (Lipinski definition) is 2. The van der Waals surface area contributed by atoms with E-state index in [1.54, 1.807) is 13.2 Å². The fourth-order valence-electron chi connectivity index (χ4n) is 4.02. The third-order valence-electron chi connectivity index (χ3n) is 5.89. The van der Waals surface area contributed by atoms with Crippen LogP contribution in [0.5, 0.6) is 0 Å². The quantitative estimate of drug-likeness (QED) is 0.212. The smallest absolute Gasteiger partial charge is 0.292 e. The molecule has 37 heavy (non-hydrogen) atoms. The van der Waals surface area contributed by atoms with E-state index in [1.165, 1.54) is 6.33 Å². The van der Waals surface area contributed by atoms with Crippen molar-refractivity contribution in [1.29, 1.82) is 0 Å². The number of benzene rings is 1. The third kappa shape index (κ3) is 7.00. The first-order chi connectivity index (χ1) is 18.1. The van der Waals surface area contributed by atoms with Crippen LogP contribution in [0.25, 0.3) is 33.4 Å². The van der Waals surface area contributed by atoms with Gasteiger partial charge in [0.25, 0.3) is 6.01 Å². The first-order valence-corrected chi connectivity index (χ1v) is 12.4. The van der Waals surface area contributed by atoms with E-state index in [2.05, 4.69) is 15.0 Å². The Kier molecular flexibility index (Phi) is 9.35. The van der Waals surface area contributed by atoms with Crippen molar-refractivity contribution in [3.8, 4) is 11.3 Å². The number of nitrogen functional groups attached to an aromatic ring is 2. The molecule has 0 amide bonds. The van der Waals surface area contributed by atoms with Crippen LogP contribution in [0, 0.1) is 0 Å². The number of ketones is 1. The molecule has 4 aromatic rings. The minimum Gasteiger partial charge on any atom is -0.424 e. The van der Waals surface area contributed by atoms with Crippen LogP contribution in [0.3, 0.4) is 0 Å². The molecular weight excluding hydrogens is 478 g/mol. The first-order valence-electron chi connectivity index (χ1n) is 12.4. The number of oxazole rings is 1. The van der Waals surface area contributed by atoms with Crippen molar-refractivity contribution in [3.63, 3.8) is 0 Å². The molecule has 1 aromatic carbocycles. The number of aromatic nitrogens is 5. The molecular formula is C25H33N7O5. The standard InChI is InChI=1S/C25H33N7O5/c1-34-11-12-36-14-13-35-10-8-18(33)5-3-2-4-9-32-24-21(23(26)28-16-29-24)22(31-32)17-6-7-20-19(15-17)30-25(27)37-20/h6-7,15-16H,2-5,8-14H2,1H3,(H2,27,30)(H2,26,28,29). The molecule has 0 spiro atoms. The zero-order valence-corrected chi connectivity index (χ0v) is 21.0. The Balaban J connectivity index is 1.26. The van der Waals surface area contributed by atoms with Gasteiger partial charge in [-0.15, -0.1) is 0 Å². The number of anilines is 2. The summed E-state index contributed by atoms with van der Waals surface area (Å²) < 4.78 is 22.9. The number of carbonyl (C=O) groups excluding carboxylic acids is 1. The molecule has 0 unspecified atom stereocenters. The van der Waals surface area contributed by atoms with Gasteiger partial charge in [0, 0.05) is 32.1 Å². The molecule has 0 radical (unpaired) electrons. The molecule has 198 valence electrons. The number of fused-ring (bicyclic) bond motifs is 2. The molecule has 3 aromatic heterocycles. The number of methoxy groups -OCH3 is 1. The molecule has 0 aliphatic carbocycles. The second-order valence-electron chi connectivity index (χ2n) is 8.58. The highest BCUT2D eigenvalue weighted by Gasteiger charge is 2.18. The zero-order valence-electron chi connectivity index (χ0n) is 21.0. The zero-order chi connectivity index (χ0) is 26.0. The van der Waals surface area contributed by atoms with Crippen LogP contribution in [-0.4, -0.2) is 70.7 Å². The van der Waals surface area contributed by atoms with Crippen molar-refractivity contribution in [2.75, 3.05) is 51.6 Å². The van der Waals surface area contributed by atoms with Gasteiger partial charge < -0.3 is 30.1 Å². The largest absolute Gasteiger partial charge is 0.424 e. The van der Waals surface area contributed by atoms with Crippen molar-refractivity contribution in [2.45, 2.75) is 38.6 Å². The number of rotatable bonds is 16. The highest BCUT2D eigenvalue weighted by molar-refractivity contribution is 5.99. The summed E-state index contributed by atoms with van der Waals surface area (Å²) in [6.07, 6.45) is 4.95. The minimum absolute atomic E-state index is 0.111. The van der Waals surface area contributed by atoms with Crippen LogP contribution in [0.2, 0.25) is 0 Å². The number of aryl methyl sites for hydroxylation is 1. The molecule has 0 saturated heterocycles. The summed E-state index contributed by atoms with van der Waals surface area (Å²) in [6.45, 7) is 3.15. The average Bonchev–Trinajstić information content (AvgIpc) is 3.45. The molecule has 0 fully saturated rings. The number of carbonyl (C=O) groups is 1. The van der Waals surface area contributed by atoms with E-state index in [-0.39, 0.29) is 11.8 Å². The minimum atomic E-state index is 0.111. The Morgan fingerprint density at radius 3 is 2.65 bits per heavy atom. The van der Waals surface area contributed by atoms with Gasteiger partial charge in [-0.05, 0) is 31.0 Å². The highest BCUT2D eigenvalue weighted by atomic mass is 16.5. The summed E-state index contributed by atoms with van der Waals surface area (Å²) in [5, 5.41) is 5.48. The van der Waals surface area contributed by atoms with Crippen molar-refractivity contribution in [3.05, 3.63) is 24.5 Å². The molecule has 0 saturated carbocycles. The SMILES string of the molecule is COCCOCCOCCC(=O)CCCCCn1nc(-c2ccc3oc(N)nc3c2)c2c(N)ncnc21. The van der Waals surface area contributed by atoms with E-state index in [0.29, 0.717) is 86.1 Å². The molecule has 0 bridgehead atoms. The van der Waals surface area contributed by atoms with Crippen molar-refractivity contribution in [1.82, 2.24) is 24.7 Å². The monoisotopic (exact) mass is 511 g/mol. The van der Waals surface area contributed by atoms with Crippen LogP contribution in [-0.2, 0) is 25.5 Å². The maximum Gasteiger partial charge on any atom is 0.292 e. The van der Waals surface area contributed by atoms with Crippen molar-refractivity contribution >= 4 is 39.7 Å². The average molecular weight is 512 g/mol. The molecule has 0 aliphatic heterocycles. The summed E-state index contributed by atoms with van der Waals surface area (Å²) >= 11 is 0. The van der Waals surface area contributed by atoms with Crippen molar-refractivity contribution in [2.24, 2.45) is 0 Å². The summed E-state index contributed by atoms with van der Waals surface area (Å²) in [4.78, 5) is 24.9. The van der Waals surface area contributed by atoms with E-state index >= 15 is 0 Å². The Labute approximate surface area is 214 Å². The second-order valence-corrected chi connectivity index (χ2v) is 8.58. The van der Waals surface area contributed by atoms with Gasteiger partial charge >= 0.3 is 0 Å². The lowest BCUT2D eigenvalue weighted by molar-refractivity contribution is -0.120. The highest BCUT2D eigenvalue weighted by Crippen LogP contribution is 2.32. The fraction of sp³-hybridized carbons (Fsp3) is 0.480. The van der Waals surface area contributed by atoms with Gasteiger partial charge in [0.1, 0.15) is 29.1 Å². The van der Waals surface area contributed by atoms with Crippen LogP contribution >= 0.6 is 0 Å². The van der Waals surface area contributed by atoms with E-state index < -0.39 is 0 Å². The Bertz CT molecular complexity index is 1320. The number of Topliss-reactive ketones (excluding diaryl/α,β-unsaturated/α-hetero) is 1. The number of nitrogens with two attached hydrogens (primary N) is 2. The first kappa shape index (κ1) is 26.5. The van der Waals surface area contributed by atoms with Crippen molar-refractivity contribution < 1.29 is 23.4 Å². The normalized spacial score (nSPS) is 11.6. The van der Waals surface area contributed by atoms with Gasteiger partial charge in [0.05, 0.1) is 38.4 Å². The second kappa shape index (κ2) is 13.1. The third-order valence-corrected chi connectivity index (χ3v) is 5.89.